The third kappa shape index (κ3) is 4.88. The summed E-state index contributed by atoms with van der Waals surface area (Å²) in [6.45, 7) is 6.85. The van der Waals surface area contributed by atoms with Crippen LogP contribution < -0.4 is 15.0 Å². The Bertz CT molecular complexity index is 797. The van der Waals surface area contributed by atoms with Crippen LogP contribution in [0.4, 0.5) is 5.69 Å². The molecule has 142 valence electrons. The summed E-state index contributed by atoms with van der Waals surface area (Å²) < 4.78 is 5.63. The molecule has 0 aliphatic carbocycles. The minimum atomic E-state index is -0.325. The van der Waals surface area contributed by atoms with Gasteiger partial charge in [-0.3, -0.25) is 9.59 Å². The number of amides is 2. The molecule has 1 saturated heterocycles. The van der Waals surface area contributed by atoms with E-state index in [1.54, 1.807) is 4.90 Å². The molecule has 27 heavy (non-hydrogen) atoms. The second-order valence-corrected chi connectivity index (χ2v) is 7.27. The summed E-state index contributed by atoms with van der Waals surface area (Å²) in [6, 6.07) is 15.5. The minimum absolute atomic E-state index is 0.0250. The van der Waals surface area contributed by atoms with Crippen molar-refractivity contribution in [1.29, 1.82) is 0 Å². The van der Waals surface area contributed by atoms with Crippen LogP contribution in [0.25, 0.3) is 0 Å². The highest BCUT2D eigenvalue weighted by atomic mass is 16.5. The Morgan fingerprint density at radius 2 is 1.81 bits per heavy atom. The molecule has 1 aliphatic rings. The number of aryl methyl sites for hydroxylation is 1. The average molecular weight is 366 g/mol. The molecule has 1 N–H and O–H groups in total. The van der Waals surface area contributed by atoms with Crippen LogP contribution in [0.1, 0.15) is 31.4 Å². The van der Waals surface area contributed by atoms with Crippen molar-refractivity contribution in [2.45, 2.75) is 39.8 Å². The highest BCUT2D eigenvalue weighted by Crippen LogP contribution is 2.27. The number of ether oxygens (including phenoxy) is 1. The molecule has 1 heterocycles. The first-order chi connectivity index (χ1) is 12.9. The quantitative estimate of drug-likeness (QED) is 0.852. The Kier molecular flexibility index (Phi) is 5.79. The lowest BCUT2D eigenvalue weighted by Crippen LogP contribution is -2.32. The van der Waals surface area contributed by atoms with Gasteiger partial charge in [-0.1, -0.05) is 29.8 Å². The first-order valence-corrected chi connectivity index (χ1v) is 9.32. The number of carbonyl (C=O) groups excluding carboxylic acids is 2. The lowest BCUT2D eigenvalue weighted by Gasteiger charge is -2.18. The van der Waals surface area contributed by atoms with E-state index in [0.717, 1.165) is 17.0 Å². The maximum Gasteiger partial charge on any atom is 0.227 e. The van der Waals surface area contributed by atoms with Gasteiger partial charge in [0.1, 0.15) is 5.75 Å². The molecule has 5 heteroatoms. The van der Waals surface area contributed by atoms with Crippen LogP contribution in [0.15, 0.2) is 48.5 Å². The minimum Gasteiger partial charge on any atom is -0.491 e. The molecule has 1 aliphatic heterocycles. The van der Waals surface area contributed by atoms with Crippen LogP contribution in [-0.4, -0.2) is 24.5 Å². The van der Waals surface area contributed by atoms with E-state index in [9.17, 15) is 9.59 Å². The maximum atomic E-state index is 12.5. The molecule has 2 aromatic carbocycles. The third-order valence-electron chi connectivity index (χ3n) is 4.60. The monoisotopic (exact) mass is 366 g/mol. The van der Waals surface area contributed by atoms with Crippen molar-refractivity contribution in [2.75, 3.05) is 11.4 Å². The molecule has 2 amide bonds. The molecule has 0 saturated carbocycles. The summed E-state index contributed by atoms with van der Waals surface area (Å²) in [7, 11) is 0. The Morgan fingerprint density at radius 1 is 1.15 bits per heavy atom. The smallest absolute Gasteiger partial charge is 0.227 e. The number of anilines is 1. The fraction of sp³-hybridized carbons (Fsp3) is 0.364. The first kappa shape index (κ1) is 19.0. The highest BCUT2D eigenvalue weighted by Gasteiger charge is 2.35. The van der Waals surface area contributed by atoms with Gasteiger partial charge in [0, 0.05) is 25.2 Å². The third-order valence-corrected chi connectivity index (χ3v) is 4.60. The molecule has 5 nitrogen and oxygen atoms in total. The van der Waals surface area contributed by atoms with Crippen LogP contribution in [-0.2, 0) is 16.1 Å². The van der Waals surface area contributed by atoms with E-state index in [1.807, 2.05) is 69.3 Å². The summed E-state index contributed by atoms with van der Waals surface area (Å²) >= 11 is 0. The molecule has 3 rings (SSSR count). The van der Waals surface area contributed by atoms with E-state index >= 15 is 0 Å². The predicted octanol–water partition coefficient (Wildman–Crippen LogP) is 3.45. The summed E-state index contributed by atoms with van der Waals surface area (Å²) in [6.07, 6.45) is 0.343. The second-order valence-electron chi connectivity index (χ2n) is 7.27. The van der Waals surface area contributed by atoms with E-state index in [2.05, 4.69) is 5.32 Å². The topological polar surface area (TPSA) is 58.6 Å². The molecule has 0 spiro atoms. The van der Waals surface area contributed by atoms with Gasteiger partial charge in [-0.2, -0.15) is 0 Å². The van der Waals surface area contributed by atoms with Gasteiger partial charge in [-0.05, 0) is 50.6 Å². The lowest BCUT2D eigenvalue weighted by atomic mass is 10.1. The number of nitrogens with one attached hydrogen (secondary N) is 1. The van der Waals surface area contributed by atoms with Gasteiger partial charge in [0.15, 0.2) is 0 Å². The van der Waals surface area contributed by atoms with Gasteiger partial charge in [0.05, 0.1) is 12.0 Å². The Balaban J connectivity index is 1.57. The number of hydrogen-bond donors (Lipinski definition) is 1. The van der Waals surface area contributed by atoms with E-state index in [1.165, 1.54) is 5.56 Å². The number of benzene rings is 2. The molecule has 2 aromatic rings. The lowest BCUT2D eigenvalue weighted by molar-refractivity contribution is -0.126. The fourth-order valence-corrected chi connectivity index (χ4v) is 3.15. The van der Waals surface area contributed by atoms with Crippen molar-refractivity contribution in [3.8, 4) is 5.75 Å². The van der Waals surface area contributed by atoms with Crippen LogP contribution in [0.5, 0.6) is 5.75 Å². The van der Waals surface area contributed by atoms with E-state index in [0.29, 0.717) is 13.1 Å². The zero-order chi connectivity index (χ0) is 19.4. The summed E-state index contributed by atoms with van der Waals surface area (Å²) in [4.78, 5) is 26.5. The normalized spacial score (nSPS) is 16.7. The fourth-order valence-electron chi connectivity index (χ4n) is 3.15. The van der Waals surface area contributed by atoms with Crippen molar-refractivity contribution < 1.29 is 14.3 Å². The number of hydrogen-bond acceptors (Lipinski definition) is 3. The highest BCUT2D eigenvalue weighted by molar-refractivity contribution is 6.00. The molecule has 0 bridgehead atoms. The summed E-state index contributed by atoms with van der Waals surface area (Å²) in [5.74, 6) is 0.344. The van der Waals surface area contributed by atoms with E-state index < -0.39 is 0 Å². The molecular formula is C22H26N2O3. The van der Waals surface area contributed by atoms with E-state index in [4.69, 9.17) is 4.74 Å². The van der Waals surface area contributed by atoms with Gasteiger partial charge in [0.25, 0.3) is 0 Å². The van der Waals surface area contributed by atoms with E-state index in [-0.39, 0.29) is 30.3 Å². The van der Waals surface area contributed by atoms with Crippen molar-refractivity contribution in [3.05, 3.63) is 59.7 Å². The van der Waals surface area contributed by atoms with Crippen LogP contribution in [0.2, 0.25) is 0 Å². The Labute approximate surface area is 160 Å². The predicted molar refractivity (Wildman–Crippen MR) is 106 cm³/mol. The molecule has 1 atom stereocenters. The zero-order valence-corrected chi connectivity index (χ0v) is 16.1. The van der Waals surface area contributed by atoms with Crippen molar-refractivity contribution in [1.82, 2.24) is 5.32 Å². The first-order valence-electron chi connectivity index (χ1n) is 9.32. The van der Waals surface area contributed by atoms with Gasteiger partial charge in [-0.15, -0.1) is 0 Å². The SMILES string of the molecule is Cc1ccc(CNC(=O)[C@H]2CC(=O)N(c3ccc(OC(C)C)cc3)C2)cc1. The second kappa shape index (κ2) is 8.25. The summed E-state index contributed by atoms with van der Waals surface area (Å²) in [5.41, 5.74) is 3.03. The molecule has 0 unspecified atom stereocenters. The largest absolute Gasteiger partial charge is 0.491 e. The van der Waals surface area contributed by atoms with Gasteiger partial charge >= 0.3 is 0 Å². The average Bonchev–Trinajstić information content (AvgIpc) is 3.03. The maximum absolute atomic E-state index is 12.5. The van der Waals surface area contributed by atoms with Crippen molar-refractivity contribution in [3.63, 3.8) is 0 Å². The van der Waals surface area contributed by atoms with Crippen molar-refractivity contribution >= 4 is 17.5 Å². The van der Waals surface area contributed by atoms with Gasteiger partial charge in [-0.25, -0.2) is 0 Å². The standard InChI is InChI=1S/C22H26N2O3/c1-15(2)27-20-10-8-19(9-11-20)24-14-18(12-21(24)25)22(26)23-13-17-6-4-16(3)5-7-17/h4-11,15,18H,12-14H2,1-3H3,(H,23,26)/t18-/m0/s1. The Morgan fingerprint density at radius 3 is 2.44 bits per heavy atom. The van der Waals surface area contributed by atoms with Gasteiger partial charge in [0.2, 0.25) is 11.8 Å². The van der Waals surface area contributed by atoms with Crippen LogP contribution in [0, 0.1) is 12.8 Å². The number of rotatable bonds is 6. The number of carbonyl (C=O) groups is 2. The Hall–Kier alpha value is -2.82. The zero-order valence-electron chi connectivity index (χ0n) is 16.1. The molecular weight excluding hydrogens is 340 g/mol. The molecule has 0 radical (unpaired) electrons. The number of nitrogens with zero attached hydrogens (tertiary/aromatic N) is 1. The van der Waals surface area contributed by atoms with Crippen molar-refractivity contribution in [2.24, 2.45) is 5.92 Å². The molecule has 0 aromatic heterocycles. The molecule has 1 fully saturated rings. The summed E-state index contributed by atoms with van der Waals surface area (Å²) in [5, 5.41) is 2.95. The van der Waals surface area contributed by atoms with Crippen LogP contribution >= 0.6 is 0 Å². The van der Waals surface area contributed by atoms with Gasteiger partial charge < -0.3 is 15.0 Å². The van der Waals surface area contributed by atoms with Crippen LogP contribution in [0.3, 0.4) is 0 Å².